The first-order valence-corrected chi connectivity index (χ1v) is 4.19. The van der Waals surface area contributed by atoms with E-state index in [9.17, 15) is 5.11 Å². The smallest absolute Gasteiger partial charge is 0.0946 e. The Labute approximate surface area is 74.6 Å². The fourth-order valence-electron chi connectivity index (χ4n) is 0.742. The van der Waals surface area contributed by atoms with Gasteiger partial charge in [-0.1, -0.05) is 0 Å². The summed E-state index contributed by atoms with van der Waals surface area (Å²) in [5.74, 6) is 0. The highest BCUT2D eigenvalue weighted by atomic mass is 16.3. The lowest BCUT2D eigenvalue weighted by Gasteiger charge is -2.23. The molecule has 0 saturated heterocycles. The van der Waals surface area contributed by atoms with Crippen LogP contribution in [0.25, 0.3) is 0 Å². The fraction of sp³-hybridized carbons (Fsp3) is 0.889. The van der Waals surface area contributed by atoms with Crippen LogP contribution in [-0.2, 0) is 0 Å². The van der Waals surface area contributed by atoms with Crippen molar-refractivity contribution >= 4 is 0 Å². The van der Waals surface area contributed by atoms with E-state index >= 15 is 0 Å². The van der Waals surface area contributed by atoms with E-state index in [2.05, 4.69) is 6.07 Å². The van der Waals surface area contributed by atoms with E-state index in [1.807, 2.05) is 18.9 Å². The summed E-state index contributed by atoms with van der Waals surface area (Å²) in [5.41, 5.74) is -0.635. The molecule has 0 saturated carbocycles. The molecule has 0 aromatic heterocycles. The lowest BCUT2D eigenvalue weighted by molar-refractivity contribution is 0.0590. The molecular weight excluding hydrogens is 152 g/mol. The molecule has 0 rings (SSSR count). The molecule has 0 fully saturated rings. The first-order valence-electron chi connectivity index (χ1n) is 4.19. The molecule has 0 aliphatic rings. The molecule has 1 N–H and O–H groups in total. The minimum atomic E-state index is -0.635. The highest BCUT2D eigenvalue weighted by molar-refractivity contribution is 4.86. The second-order valence-corrected chi connectivity index (χ2v) is 3.85. The monoisotopic (exact) mass is 170 g/mol. The maximum Gasteiger partial charge on any atom is 0.0946 e. The molecule has 0 aromatic carbocycles. The van der Waals surface area contributed by atoms with Gasteiger partial charge in [-0.05, 0) is 34.2 Å². The number of aliphatic hydroxyl groups is 1. The van der Waals surface area contributed by atoms with Gasteiger partial charge in [0.05, 0.1) is 17.7 Å². The van der Waals surface area contributed by atoms with Crippen molar-refractivity contribution in [3.63, 3.8) is 0 Å². The minimum Gasteiger partial charge on any atom is -0.390 e. The van der Waals surface area contributed by atoms with Gasteiger partial charge in [0.15, 0.2) is 0 Å². The maximum atomic E-state index is 9.41. The summed E-state index contributed by atoms with van der Waals surface area (Å²) in [6.45, 7) is 6.15. The van der Waals surface area contributed by atoms with E-state index < -0.39 is 5.60 Å². The first kappa shape index (κ1) is 11.4. The Kier molecular flexibility index (Phi) is 4.22. The van der Waals surface area contributed by atoms with Gasteiger partial charge in [0.1, 0.15) is 0 Å². The number of hydrogen-bond donors (Lipinski definition) is 1. The molecular formula is C9H18N2O. The summed E-state index contributed by atoms with van der Waals surface area (Å²) in [6.07, 6.45) is 0.690. The van der Waals surface area contributed by atoms with E-state index in [0.717, 1.165) is 6.54 Å². The van der Waals surface area contributed by atoms with Gasteiger partial charge >= 0.3 is 0 Å². The Morgan fingerprint density at radius 2 is 2.08 bits per heavy atom. The second kappa shape index (κ2) is 4.44. The van der Waals surface area contributed by atoms with Gasteiger partial charge in [-0.15, -0.1) is 0 Å². The van der Waals surface area contributed by atoms with Crippen LogP contribution in [0, 0.1) is 11.3 Å². The largest absolute Gasteiger partial charge is 0.390 e. The molecule has 70 valence electrons. The normalized spacial score (nSPS) is 14.4. The van der Waals surface area contributed by atoms with Crippen molar-refractivity contribution in [1.82, 2.24) is 4.90 Å². The van der Waals surface area contributed by atoms with Gasteiger partial charge in [0.2, 0.25) is 0 Å². The highest BCUT2D eigenvalue weighted by Crippen LogP contribution is 2.08. The Morgan fingerprint density at radius 1 is 1.58 bits per heavy atom. The molecule has 3 nitrogen and oxygen atoms in total. The molecule has 3 heteroatoms. The third-order valence-electron chi connectivity index (χ3n) is 1.92. The molecule has 12 heavy (non-hydrogen) atoms. The molecule has 1 atom stereocenters. The van der Waals surface area contributed by atoms with Gasteiger partial charge in [-0.3, -0.25) is 4.90 Å². The highest BCUT2D eigenvalue weighted by Gasteiger charge is 2.15. The third kappa shape index (κ3) is 5.11. The predicted octanol–water partition coefficient (Wildman–Crippen LogP) is 0.991. The Morgan fingerprint density at radius 3 is 2.42 bits per heavy atom. The molecule has 0 aliphatic carbocycles. The van der Waals surface area contributed by atoms with E-state index in [1.54, 1.807) is 13.8 Å². The molecule has 0 aliphatic heterocycles. The summed E-state index contributed by atoms with van der Waals surface area (Å²) in [6, 6.07) is 2.07. The van der Waals surface area contributed by atoms with Crippen molar-refractivity contribution in [2.24, 2.45) is 0 Å². The summed E-state index contributed by atoms with van der Waals surface area (Å²) in [5, 5.41) is 18.0. The Balaban J connectivity index is 3.73. The van der Waals surface area contributed by atoms with E-state index in [0.29, 0.717) is 6.42 Å². The topological polar surface area (TPSA) is 47.3 Å². The van der Waals surface area contributed by atoms with Gasteiger partial charge in [0.25, 0.3) is 0 Å². The van der Waals surface area contributed by atoms with Crippen molar-refractivity contribution in [1.29, 1.82) is 5.26 Å². The van der Waals surface area contributed by atoms with Crippen molar-refractivity contribution in [2.75, 3.05) is 13.6 Å². The van der Waals surface area contributed by atoms with Gasteiger partial charge in [-0.25, -0.2) is 0 Å². The van der Waals surface area contributed by atoms with Gasteiger partial charge in [0, 0.05) is 6.54 Å². The standard InChI is InChI=1S/C9H18N2O/c1-8(7-10)11(4)6-5-9(2,3)12/h8,12H,5-6H2,1-4H3. The van der Waals surface area contributed by atoms with Crippen LogP contribution in [0.2, 0.25) is 0 Å². The maximum absolute atomic E-state index is 9.41. The van der Waals surface area contributed by atoms with Crippen LogP contribution in [0.5, 0.6) is 0 Å². The van der Waals surface area contributed by atoms with Crippen molar-refractivity contribution in [2.45, 2.75) is 38.8 Å². The molecule has 0 radical (unpaired) electrons. The summed E-state index contributed by atoms with van der Waals surface area (Å²) in [7, 11) is 1.89. The third-order valence-corrected chi connectivity index (χ3v) is 1.92. The van der Waals surface area contributed by atoms with Crippen LogP contribution < -0.4 is 0 Å². The number of hydrogen-bond acceptors (Lipinski definition) is 3. The summed E-state index contributed by atoms with van der Waals surface area (Å²) in [4.78, 5) is 1.93. The van der Waals surface area contributed by atoms with Crippen LogP contribution in [0.3, 0.4) is 0 Å². The van der Waals surface area contributed by atoms with Crippen molar-refractivity contribution < 1.29 is 5.11 Å². The van der Waals surface area contributed by atoms with Crippen LogP contribution in [-0.4, -0.2) is 35.2 Å². The van der Waals surface area contributed by atoms with Gasteiger partial charge in [-0.2, -0.15) is 5.26 Å². The van der Waals surface area contributed by atoms with Crippen LogP contribution in [0.4, 0.5) is 0 Å². The van der Waals surface area contributed by atoms with Crippen LogP contribution in [0.1, 0.15) is 27.2 Å². The Bertz CT molecular complexity index is 166. The number of rotatable bonds is 4. The first-order chi connectivity index (χ1) is 5.37. The zero-order chi connectivity index (χ0) is 9.78. The van der Waals surface area contributed by atoms with Crippen LogP contribution in [0.15, 0.2) is 0 Å². The van der Waals surface area contributed by atoms with Crippen molar-refractivity contribution in [3.8, 4) is 6.07 Å². The molecule has 0 spiro atoms. The minimum absolute atomic E-state index is 0.0765. The van der Waals surface area contributed by atoms with E-state index in [1.165, 1.54) is 0 Å². The van der Waals surface area contributed by atoms with Crippen molar-refractivity contribution in [3.05, 3.63) is 0 Å². The lowest BCUT2D eigenvalue weighted by Crippen LogP contribution is -2.33. The predicted molar refractivity (Wildman–Crippen MR) is 48.6 cm³/mol. The number of nitriles is 1. The van der Waals surface area contributed by atoms with Gasteiger partial charge < -0.3 is 5.11 Å². The molecule has 0 heterocycles. The zero-order valence-electron chi connectivity index (χ0n) is 8.33. The second-order valence-electron chi connectivity index (χ2n) is 3.85. The molecule has 1 unspecified atom stereocenters. The fourth-order valence-corrected chi connectivity index (χ4v) is 0.742. The SMILES string of the molecule is CC(C#N)N(C)CCC(C)(C)O. The quantitative estimate of drug-likeness (QED) is 0.684. The molecule has 0 amide bonds. The summed E-state index contributed by atoms with van der Waals surface area (Å²) < 4.78 is 0. The average molecular weight is 170 g/mol. The number of nitrogens with zero attached hydrogens (tertiary/aromatic N) is 2. The Hall–Kier alpha value is -0.590. The molecule has 0 aromatic rings. The van der Waals surface area contributed by atoms with Crippen LogP contribution >= 0.6 is 0 Å². The van der Waals surface area contributed by atoms with E-state index in [-0.39, 0.29) is 6.04 Å². The lowest BCUT2D eigenvalue weighted by atomic mass is 10.1. The average Bonchev–Trinajstić information content (AvgIpc) is 1.97. The zero-order valence-corrected chi connectivity index (χ0v) is 8.33. The summed E-state index contributed by atoms with van der Waals surface area (Å²) >= 11 is 0. The van der Waals surface area contributed by atoms with E-state index in [4.69, 9.17) is 5.26 Å². The molecule has 0 bridgehead atoms.